The molecule has 1 saturated carbocycles. The van der Waals surface area contributed by atoms with Crippen molar-refractivity contribution < 1.29 is 106 Å². The Kier molecular flexibility index (Phi) is 13.6. The maximum atomic E-state index is 12.9. The summed E-state index contributed by atoms with van der Waals surface area (Å²) in [7, 11) is -5.41. The van der Waals surface area contributed by atoms with E-state index in [0.29, 0.717) is 0 Å². The third-order valence-corrected chi connectivity index (χ3v) is 10.8. The van der Waals surface area contributed by atoms with Crippen molar-refractivity contribution in [2.45, 2.75) is 123 Å². The van der Waals surface area contributed by atoms with Crippen LogP contribution in [0.15, 0.2) is 21.9 Å². The molecular formula is C27H50N6O19P+3. The number of aromatic nitrogens is 2. The maximum Gasteiger partial charge on any atom is 0.330 e. The summed E-state index contributed by atoms with van der Waals surface area (Å²) < 4.78 is 52.0. The van der Waals surface area contributed by atoms with Gasteiger partial charge in [0.25, 0.3) is 13.4 Å². The molecule has 1 unspecified atom stereocenters. The van der Waals surface area contributed by atoms with Gasteiger partial charge < -0.3 is 101 Å². The Morgan fingerprint density at radius 1 is 0.811 bits per heavy atom. The van der Waals surface area contributed by atoms with E-state index in [4.69, 9.17) is 32.7 Å². The van der Waals surface area contributed by atoms with Crippen LogP contribution in [-0.4, -0.2) is 180 Å². The Bertz CT molecular complexity index is 1540. The lowest BCUT2D eigenvalue weighted by atomic mass is 9.84. The molecule has 1 aromatic heterocycles. The van der Waals surface area contributed by atoms with Crippen LogP contribution in [0.3, 0.4) is 0 Å². The fourth-order valence-corrected chi connectivity index (χ4v) is 7.77. The van der Waals surface area contributed by atoms with Crippen molar-refractivity contribution >= 4 is 7.82 Å². The van der Waals surface area contributed by atoms with E-state index < -0.39 is 149 Å². The summed E-state index contributed by atoms with van der Waals surface area (Å²) in [6, 6.07) is -1.38. The van der Waals surface area contributed by atoms with Gasteiger partial charge in [-0.15, -0.1) is 0 Å². The third-order valence-electron chi connectivity index (χ3n) is 9.85. The Labute approximate surface area is 299 Å². The molecule has 5 rings (SSSR count). The number of phosphoric ester groups is 1. The van der Waals surface area contributed by atoms with Crippen molar-refractivity contribution in [3.63, 3.8) is 0 Å². The van der Waals surface area contributed by atoms with Crippen molar-refractivity contribution in [2.24, 2.45) is 0 Å². The first-order chi connectivity index (χ1) is 24.9. The second-order valence-electron chi connectivity index (χ2n) is 13.5. The summed E-state index contributed by atoms with van der Waals surface area (Å²) in [6.07, 6.45) is -23.5. The predicted molar refractivity (Wildman–Crippen MR) is 162 cm³/mol. The minimum Gasteiger partial charge on any atom is -0.756 e. The number of nitrogens with zero attached hydrogens (tertiary/aromatic N) is 1. The summed E-state index contributed by atoms with van der Waals surface area (Å²) in [4.78, 5) is 38.3. The molecular weight excluding hydrogens is 743 g/mol. The van der Waals surface area contributed by atoms with Crippen molar-refractivity contribution in [1.29, 1.82) is 0 Å². The van der Waals surface area contributed by atoms with Gasteiger partial charge in [0.15, 0.2) is 24.9 Å². The second kappa shape index (κ2) is 17.1. The fourth-order valence-electron chi connectivity index (χ4n) is 6.82. The molecule has 0 bridgehead atoms. The number of hydrogen-bond donors (Lipinski definition) is 13. The standard InChI is InChI=1S/C27H47N6O19P/c28-4-9-23(52-53(44,45)46-6-11-15(37)18(40)24(47-11)33-2-1-12(35)32-27(33)43)17(39)19(41)26(48-9)51-22-8(30)3-7(29)21(20(22)42)50-25-16(38)13(31)14(36)10(5-34)49-25/h1-2,7-11,13-26,34,36-42H,3-6,28-31H2,(H,44,45)(H,32,35,43)/p+3/t7-,8+,9-,10-,11-,13+,14-,15-,16-,17-,18-,19-,20-,21+,22-,23-,24-,25-,26-/m1/s1. The van der Waals surface area contributed by atoms with E-state index in [2.05, 4.69) is 22.9 Å². The molecule has 0 radical (unpaired) electrons. The highest BCUT2D eigenvalue weighted by atomic mass is 31.2. The number of aromatic amines is 1. The van der Waals surface area contributed by atoms with Crippen LogP contribution >= 0.6 is 7.82 Å². The highest BCUT2D eigenvalue weighted by molar-refractivity contribution is 7.45. The molecule has 21 N–H and O–H groups in total. The van der Waals surface area contributed by atoms with Crippen molar-refractivity contribution in [2.75, 3.05) is 19.8 Å². The smallest absolute Gasteiger partial charge is 0.330 e. The summed E-state index contributed by atoms with van der Waals surface area (Å²) in [5.74, 6) is 0. The van der Waals surface area contributed by atoms with E-state index in [1.165, 1.54) is 0 Å². The molecule has 20 atom stereocenters. The molecule has 4 heterocycles. The number of H-pyrrole nitrogens is 1. The van der Waals surface area contributed by atoms with Crippen LogP contribution in [0.4, 0.5) is 0 Å². The lowest BCUT2D eigenvalue weighted by molar-refractivity contribution is -0.525. The Hall–Kier alpha value is -1.89. The molecule has 3 aliphatic heterocycles. The molecule has 3 saturated heterocycles. The van der Waals surface area contributed by atoms with Crippen LogP contribution in [0.5, 0.6) is 0 Å². The average Bonchev–Trinajstić information content (AvgIpc) is 3.38. The van der Waals surface area contributed by atoms with E-state index in [-0.39, 0.29) is 13.0 Å². The molecule has 4 aliphatic rings. The minimum absolute atomic E-state index is 0.181. The lowest BCUT2D eigenvalue weighted by Crippen LogP contribution is -2.83. The van der Waals surface area contributed by atoms with Crippen LogP contribution in [-0.2, 0) is 37.3 Å². The Balaban J connectivity index is 1.20. The van der Waals surface area contributed by atoms with Crippen LogP contribution < -0.4 is 39.1 Å². The van der Waals surface area contributed by atoms with Crippen LogP contribution in [0, 0.1) is 0 Å². The summed E-state index contributed by atoms with van der Waals surface area (Å²) in [6.45, 7) is -1.78. The number of ether oxygens (including phenoxy) is 5. The quantitative estimate of drug-likeness (QED) is 0.0874. The number of quaternary nitrogens is 4. The van der Waals surface area contributed by atoms with Gasteiger partial charge in [-0.05, 0) is 0 Å². The topological polar surface area (TPSA) is 432 Å². The zero-order chi connectivity index (χ0) is 39.1. The number of nitrogens with one attached hydrogen (secondary N) is 1. The van der Waals surface area contributed by atoms with Gasteiger partial charge in [0, 0.05) is 12.3 Å². The van der Waals surface area contributed by atoms with Crippen LogP contribution in [0.1, 0.15) is 12.6 Å². The minimum atomic E-state index is -5.41. The molecule has 0 aromatic carbocycles. The highest BCUT2D eigenvalue weighted by Crippen LogP contribution is 2.44. The Morgan fingerprint density at radius 2 is 1.42 bits per heavy atom. The number of aliphatic hydroxyl groups excluding tert-OH is 8. The molecule has 4 fully saturated rings. The summed E-state index contributed by atoms with van der Waals surface area (Å²) >= 11 is 0. The number of phosphoric acid groups is 1. The van der Waals surface area contributed by atoms with Crippen molar-refractivity contribution in [3.05, 3.63) is 33.1 Å². The van der Waals surface area contributed by atoms with E-state index in [1.807, 2.05) is 4.98 Å². The average molecular weight is 794 g/mol. The van der Waals surface area contributed by atoms with E-state index in [1.54, 1.807) is 0 Å². The van der Waals surface area contributed by atoms with Gasteiger partial charge in [0.2, 0.25) is 0 Å². The molecule has 0 spiro atoms. The first-order valence-corrected chi connectivity index (χ1v) is 18.2. The molecule has 0 amide bonds. The number of hydrogen-bond acceptors (Lipinski definition) is 19. The van der Waals surface area contributed by atoms with E-state index in [0.717, 1.165) is 16.8 Å². The first kappa shape index (κ1) is 42.3. The number of rotatable bonds is 12. The monoisotopic (exact) mass is 793 g/mol. The SMILES string of the molecule is [NH3+]C[C@H]1O[C@H](O[C@H]2[C@H](O)[C@@H](O[C@H]3O[C@H](CO)[C@@H](O)[C@H]([NH3+])[C@H]3O)[C@H]([NH3+])C[C@@H]2[NH3+])[C@H](O)[C@@H](O)[C@@H]1OP(=O)([O-])OC[C@H]1O[C@@H](n2ccc(=O)[nH]c2=O)[C@H](O)[C@@H]1O. The van der Waals surface area contributed by atoms with Crippen molar-refractivity contribution in [1.82, 2.24) is 9.55 Å². The van der Waals surface area contributed by atoms with Crippen LogP contribution in [0.2, 0.25) is 0 Å². The van der Waals surface area contributed by atoms with Gasteiger partial charge in [0.1, 0.15) is 97.9 Å². The maximum absolute atomic E-state index is 12.9. The summed E-state index contributed by atoms with van der Waals surface area (Å²) in [5.41, 5.74) is 13.6. The van der Waals surface area contributed by atoms with Gasteiger partial charge in [-0.3, -0.25) is 18.9 Å². The van der Waals surface area contributed by atoms with E-state index in [9.17, 15) is 59.9 Å². The molecule has 25 nitrogen and oxygen atoms in total. The first-order valence-electron chi connectivity index (χ1n) is 16.8. The summed E-state index contributed by atoms with van der Waals surface area (Å²) in [5, 5.41) is 84.5. The predicted octanol–water partition coefficient (Wildman–Crippen LogP) is -12.5. The highest BCUT2D eigenvalue weighted by Gasteiger charge is 2.55. The van der Waals surface area contributed by atoms with Gasteiger partial charge in [-0.1, -0.05) is 0 Å². The lowest BCUT2D eigenvalue weighted by Gasteiger charge is -2.46. The van der Waals surface area contributed by atoms with Gasteiger partial charge >= 0.3 is 5.69 Å². The largest absolute Gasteiger partial charge is 0.756 e. The second-order valence-corrected chi connectivity index (χ2v) is 14.9. The Morgan fingerprint density at radius 3 is 2.00 bits per heavy atom. The van der Waals surface area contributed by atoms with E-state index >= 15 is 0 Å². The molecule has 53 heavy (non-hydrogen) atoms. The normalized spacial score (nSPS) is 46.2. The van der Waals surface area contributed by atoms with Gasteiger partial charge in [0.05, 0.1) is 19.6 Å². The van der Waals surface area contributed by atoms with Crippen LogP contribution in [0.25, 0.3) is 0 Å². The van der Waals surface area contributed by atoms with Gasteiger partial charge in [-0.25, -0.2) is 4.79 Å². The van der Waals surface area contributed by atoms with Crippen molar-refractivity contribution in [3.8, 4) is 0 Å². The zero-order valence-electron chi connectivity index (χ0n) is 28.2. The number of aliphatic hydroxyl groups is 8. The zero-order valence-corrected chi connectivity index (χ0v) is 29.1. The molecule has 1 aromatic rings. The molecule has 26 heteroatoms. The molecule has 304 valence electrons. The fraction of sp³-hybridized carbons (Fsp3) is 0.852. The molecule has 1 aliphatic carbocycles. The van der Waals surface area contributed by atoms with Gasteiger partial charge in [-0.2, -0.15) is 0 Å². The third kappa shape index (κ3) is 8.91.